The molecule has 4 heterocycles. The van der Waals surface area contributed by atoms with Gasteiger partial charge in [0, 0.05) is 48.7 Å². The highest BCUT2D eigenvalue weighted by Gasteiger charge is 2.47. The van der Waals surface area contributed by atoms with Gasteiger partial charge < -0.3 is 34.3 Å². The van der Waals surface area contributed by atoms with E-state index in [2.05, 4.69) is 10.6 Å². The fourth-order valence-corrected chi connectivity index (χ4v) is 7.57. The molecule has 11 heteroatoms. The number of pyridine rings is 1. The van der Waals surface area contributed by atoms with Crippen LogP contribution in [0, 0.1) is 11.8 Å². The second-order valence-electron chi connectivity index (χ2n) is 12.7. The normalized spacial score (nSPS) is 20.9. The van der Waals surface area contributed by atoms with Crippen molar-refractivity contribution < 1.29 is 19.4 Å². The zero-order valence-corrected chi connectivity index (χ0v) is 26.2. The first-order chi connectivity index (χ1) is 21.7. The summed E-state index contributed by atoms with van der Waals surface area (Å²) >= 11 is 6.32. The molecule has 3 atom stereocenters. The molecule has 3 N–H and O–H groups in total. The van der Waals surface area contributed by atoms with E-state index in [1.54, 1.807) is 19.2 Å². The maximum atomic E-state index is 13.7. The zero-order valence-electron chi connectivity index (χ0n) is 25.5. The number of phenols is 1. The highest BCUT2D eigenvalue weighted by Crippen LogP contribution is 2.42. The number of fused-ring (bicyclic) bond motifs is 4. The number of hydrogen-bond donors (Lipinski definition) is 2. The van der Waals surface area contributed by atoms with Crippen LogP contribution in [-0.2, 0) is 13.6 Å². The number of aromatic hydroxyl groups is 1. The summed E-state index contributed by atoms with van der Waals surface area (Å²) in [5.41, 5.74) is 11.8. The number of imidazole rings is 1. The van der Waals surface area contributed by atoms with E-state index in [0.29, 0.717) is 41.0 Å². The Hall–Kier alpha value is -4.28. The second-order valence-corrected chi connectivity index (χ2v) is 13.1. The summed E-state index contributed by atoms with van der Waals surface area (Å²) in [7, 11) is 5.11. The number of halogens is 1. The molecule has 8 rings (SSSR count). The van der Waals surface area contributed by atoms with Crippen molar-refractivity contribution in [3.8, 4) is 40.0 Å². The number of nitrogens with zero attached hydrogens (tertiary/aromatic N) is 5. The standard InChI is InChI=1S/C34H35ClN6O4/c1-39-30-24(11-21(14-27(30)44-2)34(43)41-16-19-7-9-25(41)29(19)36)38-33(39)26-12-18-6-8-23(37-32(18)40(26)15-17-4-5-17)20-10-22(35)31(42)28(13-20)45-3/h6,8,10-14,17,19,25,29,42H,4-5,7,9,15-16,36H2,1-3H3/t19-,25-,29-/m1/s1. The van der Waals surface area contributed by atoms with Crippen molar-refractivity contribution in [1.82, 2.24) is 24.0 Å². The van der Waals surface area contributed by atoms with Gasteiger partial charge in [0.25, 0.3) is 5.91 Å². The number of nitrogens with two attached hydrogens (primary N) is 1. The molecule has 1 saturated heterocycles. The summed E-state index contributed by atoms with van der Waals surface area (Å²) in [5.74, 6) is 2.50. The number of phenolic OH excluding ortho intramolecular Hbond substituents is 1. The highest BCUT2D eigenvalue weighted by atomic mass is 35.5. The number of benzene rings is 2. The minimum atomic E-state index is -0.0956. The number of likely N-dealkylation sites (tertiary alicyclic amines) is 1. The molecule has 1 amide bonds. The van der Waals surface area contributed by atoms with Crippen LogP contribution in [0.2, 0.25) is 5.02 Å². The van der Waals surface area contributed by atoms with Gasteiger partial charge in [0.2, 0.25) is 0 Å². The van der Waals surface area contributed by atoms with E-state index in [0.717, 1.165) is 58.7 Å². The topological polar surface area (TPSA) is 121 Å². The molecule has 3 aliphatic rings. The molecule has 3 aromatic heterocycles. The van der Waals surface area contributed by atoms with Gasteiger partial charge in [0.05, 0.1) is 36.1 Å². The third-order valence-electron chi connectivity index (χ3n) is 9.97. The average Bonchev–Trinajstić information content (AvgIpc) is 3.45. The van der Waals surface area contributed by atoms with Crippen molar-refractivity contribution in [3.63, 3.8) is 0 Å². The van der Waals surface area contributed by atoms with Gasteiger partial charge in [-0.3, -0.25) is 4.79 Å². The molecule has 0 unspecified atom stereocenters. The van der Waals surface area contributed by atoms with Crippen molar-refractivity contribution in [2.24, 2.45) is 24.6 Å². The number of carbonyl (C=O) groups is 1. The smallest absolute Gasteiger partial charge is 0.254 e. The number of amides is 1. The summed E-state index contributed by atoms with van der Waals surface area (Å²) < 4.78 is 15.5. The largest absolute Gasteiger partial charge is 0.503 e. The van der Waals surface area contributed by atoms with E-state index < -0.39 is 0 Å². The van der Waals surface area contributed by atoms with Crippen LogP contribution in [0.25, 0.3) is 44.8 Å². The Kier molecular flexibility index (Phi) is 6.51. The predicted octanol–water partition coefficient (Wildman–Crippen LogP) is 5.60. The summed E-state index contributed by atoms with van der Waals surface area (Å²) in [6.45, 7) is 1.52. The number of hydrogen-bond acceptors (Lipinski definition) is 7. The lowest BCUT2D eigenvalue weighted by Crippen LogP contribution is -2.41. The van der Waals surface area contributed by atoms with Crippen LogP contribution in [0.15, 0.2) is 42.5 Å². The van der Waals surface area contributed by atoms with Crippen molar-refractivity contribution in [2.75, 3.05) is 20.8 Å². The average molecular weight is 627 g/mol. The Bertz CT molecular complexity index is 2010. The number of piperidine rings is 1. The van der Waals surface area contributed by atoms with Crippen LogP contribution in [0.5, 0.6) is 17.2 Å². The molecule has 2 saturated carbocycles. The predicted molar refractivity (Wildman–Crippen MR) is 173 cm³/mol. The van der Waals surface area contributed by atoms with Crippen LogP contribution in [-0.4, -0.2) is 67.9 Å². The Morgan fingerprint density at radius 1 is 1.04 bits per heavy atom. The molecular formula is C34H35ClN6O4. The molecule has 5 aromatic rings. The number of aromatic nitrogens is 4. The van der Waals surface area contributed by atoms with E-state index in [-0.39, 0.29) is 28.8 Å². The van der Waals surface area contributed by atoms with Gasteiger partial charge in [-0.15, -0.1) is 0 Å². The molecule has 1 aliphatic heterocycles. The molecule has 0 radical (unpaired) electrons. The van der Waals surface area contributed by atoms with Crippen LogP contribution >= 0.6 is 11.6 Å². The first-order valence-electron chi connectivity index (χ1n) is 15.4. The minimum absolute atomic E-state index is 0.0180. The number of rotatable bonds is 7. The molecule has 0 spiro atoms. The Balaban J connectivity index is 1.24. The summed E-state index contributed by atoms with van der Waals surface area (Å²) in [6.07, 6.45) is 4.39. The fraction of sp³-hybridized carbons (Fsp3) is 0.382. The van der Waals surface area contributed by atoms with Crippen LogP contribution in [0.1, 0.15) is 36.0 Å². The van der Waals surface area contributed by atoms with Crippen LogP contribution in [0.4, 0.5) is 0 Å². The fourth-order valence-electron chi connectivity index (χ4n) is 7.36. The van der Waals surface area contributed by atoms with Crippen molar-refractivity contribution in [3.05, 3.63) is 53.1 Å². The summed E-state index contributed by atoms with van der Waals surface area (Å²) in [5, 5.41) is 11.4. The Morgan fingerprint density at radius 3 is 2.53 bits per heavy atom. The van der Waals surface area contributed by atoms with Gasteiger partial charge in [0.15, 0.2) is 17.3 Å². The Morgan fingerprint density at radius 2 is 1.84 bits per heavy atom. The van der Waals surface area contributed by atoms with Gasteiger partial charge in [-0.25, -0.2) is 9.97 Å². The molecule has 10 nitrogen and oxygen atoms in total. The second kappa shape index (κ2) is 10.4. The Labute approximate surface area is 265 Å². The number of aryl methyl sites for hydroxylation is 1. The first kappa shape index (κ1) is 28.2. The van der Waals surface area contributed by atoms with Crippen LogP contribution in [0.3, 0.4) is 0 Å². The van der Waals surface area contributed by atoms with Gasteiger partial charge in [-0.1, -0.05) is 11.6 Å². The minimum Gasteiger partial charge on any atom is -0.503 e. The summed E-state index contributed by atoms with van der Waals surface area (Å²) in [6, 6.07) is 13.4. The maximum absolute atomic E-state index is 13.7. The summed E-state index contributed by atoms with van der Waals surface area (Å²) in [4.78, 5) is 25.9. The lowest BCUT2D eigenvalue weighted by molar-refractivity contribution is 0.0700. The monoisotopic (exact) mass is 626 g/mol. The molecule has 3 fully saturated rings. The maximum Gasteiger partial charge on any atom is 0.254 e. The van der Waals surface area contributed by atoms with Crippen molar-refractivity contribution in [1.29, 1.82) is 0 Å². The third-order valence-corrected chi connectivity index (χ3v) is 10.3. The molecule has 232 valence electrons. The number of carbonyl (C=O) groups excluding carboxylic acids is 1. The molecular weight excluding hydrogens is 592 g/mol. The highest BCUT2D eigenvalue weighted by molar-refractivity contribution is 6.32. The van der Waals surface area contributed by atoms with E-state index in [4.69, 9.17) is 36.8 Å². The van der Waals surface area contributed by atoms with E-state index >= 15 is 0 Å². The lowest BCUT2D eigenvalue weighted by atomic mass is 10.1. The number of methoxy groups -OCH3 is 2. The number of ether oxygens (including phenoxy) is 2. The van der Waals surface area contributed by atoms with E-state index in [1.807, 2.05) is 40.8 Å². The molecule has 2 aromatic carbocycles. The van der Waals surface area contributed by atoms with Gasteiger partial charge in [0.1, 0.15) is 16.9 Å². The molecule has 45 heavy (non-hydrogen) atoms. The third kappa shape index (κ3) is 4.45. The quantitative estimate of drug-likeness (QED) is 0.241. The lowest BCUT2D eigenvalue weighted by Gasteiger charge is -2.27. The van der Waals surface area contributed by atoms with Gasteiger partial charge in [-0.2, -0.15) is 0 Å². The molecule has 2 aliphatic carbocycles. The van der Waals surface area contributed by atoms with Crippen molar-refractivity contribution >= 4 is 39.6 Å². The van der Waals surface area contributed by atoms with Crippen molar-refractivity contribution in [2.45, 2.75) is 44.3 Å². The molecule has 2 bridgehead atoms. The van der Waals surface area contributed by atoms with Crippen LogP contribution < -0.4 is 15.2 Å². The SMILES string of the molecule is COc1cc(-c2ccc3cc(-c4nc5cc(C(=O)N6C[C@H]7CC[C@@H]6[C@@H]7N)cc(OC)c5n4C)n(CC4CC4)c3n2)cc(Cl)c1O. The van der Waals surface area contributed by atoms with E-state index in [9.17, 15) is 9.90 Å². The van der Waals surface area contributed by atoms with Gasteiger partial charge in [-0.05, 0) is 80.0 Å². The zero-order chi connectivity index (χ0) is 31.1. The van der Waals surface area contributed by atoms with E-state index in [1.165, 1.54) is 20.0 Å². The first-order valence-corrected chi connectivity index (χ1v) is 15.8. The van der Waals surface area contributed by atoms with Gasteiger partial charge >= 0.3 is 0 Å².